The monoisotopic (exact) mass is 232 g/mol. The summed E-state index contributed by atoms with van der Waals surface area (Å²) in [4.78, 5) is 11.6. The van der Waals surface area contributed by atoms with Crippen LogP contribution in [0.25, 0.3) is 0 Å². The number of carbonyl (C=O) groups is 1. The van der Waals surface area contributed by atoms with E-state index in [1.807, 2.05) is 24.3 Å². The van der Waals surface area contributed by atoms with Gasteiger partial charge in [0.05, 0.1) is 14.2 Å². The zero-order valence-corrected chi connectivity index (χ0v) is 10.2. The number of Topliss-reactive ketones (excluding diaryl/α,β-unsaturated/α-hetero) is 1. The molecule has 0 unspecified atom stereocenters. The van der Waals surface area contributed by atoms with Crippen LogP contribution >= 0.6 is 0 Å². The average molecular weight is 232 g/mol. The Balaban J connectivity index is 2.23. The molecular formula is C14H16O3. The molecule has 1 aromatic rings. The minimum atomic E-state index is 0.253. The molecular weight excluding hydrogens is 216 g/mol. The first-order valence-electron chi connectivity index (χ1n) is 5.67. The second-order valence-electron chi connectivity index (χ2n) is 4.05. The van der Waals surface area contributed by atoms with E-state index in [1.54, 1.807) is 14.2 Å². The molecule has 1 aromatic carbocycles. The van der Waals surface area contributed by atoms with Crippen LogP contribution in [-0.2, 0) is 11.2 Å². The van der Waals surface area contributed by atoms with Crippen molar-refractivity contribution in [1.29, 1.82) is 0 Å². The largest absolute Gasteiger partial charge is 0.497 e. The summed E-state index contributed by atoms with van der Waals surface area (Å²) < 4.78 is 10.5. The van der Waals surface area contributed by atoms with Gasteiger partial charge in [-0.1, -0.05) is 12.1 Å². The Morgan fingerprint density at radius 2 is 2.06 bits per heavy atom. The van der Waals surface area contributed by atoms with Gasteiger partial charge in [-0.2, -0.15) is 0 Å². The van der Waals surface area contributed by atoms with Crippen molar-refractivity contribution >= 4 is 5.78 Å². The zero-order chi connectivity index (χ0) is 12.3. The highest BCUT2D eigenvalue weighted by Crippen LogP contribution is 2.28. The number of allylic oxidation sites excluding steroid dienone is 2. The van der Waals surface area contributed by atoms with Crippen molar-refractivity contribution in [3.05, 3.63) is 35.4 Å². The van der Waals surface area contributed by atoms with Crippen molar-refractivity contribution in [3.8, 4) is 11.5 Å². The van der Waals surface area contributed by atoms with Crippen LogP contribution in [0.15, 0.2) is 29.8 Å². The van der Waals surface area contributed by atoms with E-state index >= 15 is 0 Å². The Kier molecular flexibility index (Phi) is 3.47. The standard InChI is InChI=1S/C14H16O3/c1-16-12-7-6-11(14(9-12)17-2)8-10-4-3-5-13(10)15/h4,6-7,9H,3,5,8H2,1-2H3. The second kappa shape index (κ2) is 5.04. The fraction of sp³-hybridized carbons (Fsp3) is 0.357. The van der Waals surface area contributed by atoms with Gasteiger partial charge in [0.25, 0.3) is 0 Å². The molecule has 0 bridgehead atoms. The van der Waals surface area contributed by atoms with Gasteiger partial charge in [-0.25, -0.2) is 0 Å². The molecule has 0 atom stereocenters. The number of methoxy groups -OCH3 is 2. The third kappa shape index (κ3) is 2.49. The maximum absolute atomic E-state index is 11.6. The molecule has 0 heterocycles. The van der Waals surface area contributed by atoms with Crippen LogP contribution in [0.2, 0.25) is 0 Å². The Morgan fingerprint density at radius 3 is 2.65 bits per heavy atom. The number of benzene rings is 1. The minimum Gasteiger partial charge on any atom is -0.497 e. The van der Waals surface area contributed by atoms with Crippen molar-refractivity contribution in [1.82, 2.24) is 0 Å². The third-order valence-corrected chi connectivity index (χ3v) is 3.00. The number of ether oxygens (including phenoxy) is 2. The van der Waals surface area contributed by atoms with Gasteiger partial charge >= 0.3 is 0 Å². The molecule has 3 nitrogen and oxygen atoms in total. The lowest BCUT2D eigenvalue weighted by molar-refractivity contribution is -0.115. The van der Waals surface area contributed by atoms with E-state index in [4.69, 9.17) is 9.47 Å². The van der Waals surface area contributed by atoms with Crippen LogP contribution in [0.4, 0.5) is 0 Å². The molecule has 0 N–H and O–H groups in total. The fourth-order valence-electron chi connectivity index (χ4n) is 2.03. The van der Waals surface area contributed by atoms with Crippen LogP contribution < -0.4 is 9.47 Å². The van der Waals surface area contributed by atoms with E-state index in [0.29, 0.717) is 12.8 Å². The highest BCUT2D eigenvalue weighted by molar-refractivity contribution is 5.97. The highest BCUT2D eigenvalue weighted by Gasteiger charge is 2.17. The molecule has 0 saturated heterocycles. The number of carbonyl (C=O) groups excluding carboxylic acids is 1. The van der Waals surface area contributed by atoms with Crippen LogP contribution in [0, 0.1) is 0 Å². The van der Waals surface area contributed by atoms with Gasteiger partial charge < -0.3 is 9.47 Å². The molecule has 0 spiro atoms. The lowest BCUT2D eigenvalue weighted by atomic mass is 10.0. The predicted molar refractivity (Wildman–Crippen MR) is 65.6 cm³/mol. The van der Waals surface area contributed by atoms with Crippen molar-refractivity contribution in [3.63, 3.8) is 0 Å². The summed E-state index contributed by atoms with van der Waals surface area (Å²) in [5, 5.41) is 0. The molecule has 17 heavy (non-hydrogen) atoms. The van der Waals surface area contributed by atoms with Crippen LogP contribution in [0.3, 0.4) is 0 Å². The van der Waals surface area contributed by atoms with Crippen molar-refractivity contribution in [2.24, 2.45) is 0 Å². The fourth-order valence-corrected chi connectivity index (χ4v) is 2.03. The first kappa shape index (κ1) is 11.7. The molecule has 2 rings (SSSR count). The average Bonchev–Trinajstić information content (AvgIpc) is 2.75. The van der Waals surface area contributed by atoms with Gasteiger partial charge in [-0.05, 0) is 23.6 Å². The summed E-state index contributed by atoms with van der Waals surface area (Å²) >= 11 is 0. The van der Waals surface area contributed by atoms with Gasteiger partial charge in [0.1, 0.15) is 11.5 Å². The molecule has 0 aliphatic heterocycles. The van der Waals surface area contributed by atoms with E-state index in [0.717, 1.165) is 29.1 Å². The van der Waals surface area contributed by atoms with Gasteiger partial charge in [0, 0.05) is 18.9 Å². The Hall–Kier alpha value is -1.77. The lowest BCUT2D eigenvalue weighted by Gasteiger charge is -2.10. The lowest BCUT2D eigenvalue weighted by Crippen LogP contribution is -2.01. The van der Waals surface area contributed by atoms with E-state index in [2.05, 4.69) is 0 Å². The number of hydrogen-bond acceptors (Lipinski definition) is 3. The van der Waals surface area contributed by atoms with Crippen molar-refractivity contribution < 1.29 is 14.3 Å². The zero-order valence-electron chi connectivity index (χ0n) is 10.2. The summed E-state index contributed by atoms with van der Waals surface area (Å²) in [5.41, 5.74) is 1.92. The first-order chi connectivity index (χ1) is 8.24. The van der Waals surface area contributed by atoms with Crippen molar-refractivity contribution in [2.75, 3.05) is 14.2 Å². The number of ketones is 1. The van der Waals surface area contributed by atoms with Crippen molar-refractivity contribution in [2.45, 2.75) is 19.3 Å². The quantitative estimate of drug-likeness (QED) is 0.800. The molecule has 90 valence electrons. The molecule has 0 radical (unpaired) electrons. The van der Waals surface area contributed by atoms with E-state index < -0.39 is 0 Å². The van der Waals surface area contributed by atoms with E-state index in [-0.39, 0.29) is 5.78 Å². The molecule has 1 aliphatic carbocycles. The van der Waals surface area contributed by atoms with E-state index in [1.165, 1.54) is 0 Å². The van der Waals surface area contributed by atoms with Crippen LogP contribution in [-0.4, -0.2) is 20.0 Å². The maximum atomic E-state index is 11.6. The summed E-state index contributed by atoms with van der Waals surface area (Å²) in [7, 11) is 3.25. The Morgan fingerprint density at radius 1 is 1.24 bits per heavy atom. The summed E-state index contributed by atoms with van der Waals surface area (Å²) in [5.74, 6) is 1.78. The molecule has 1 aliphatic rings. The minimum absolute atomic E-state index is 0.253. The van der Waals surface area contributed by atoms with Gasteiger partial charge in [-0.15, -0.1) is 0 Å². The Labute approximate surface area is 101 Å². The highest BCUT2D eigenvalue weighted by atomic mass is 16.5. The predicted octanol–water partition coefficient (Wildman–Crippen LogP) is 2.54. The smallest absolute Gasteiger partial charge is 0.159 e. The maximum Gasteiger partial charge on any atom is 0.159 e. The topological polar surface area (TPSA) is 35.5 Å². The summed E-state index contributed by atoms with van der Waals surface area (Å²) in [6, 6.07) is 5.68. The molecule has 0 saturated carbocycles. The van der Waals surface area contributed by atoms with E-state index in [9.17, 15) is 4.79 Å². The summed E-state index contributed by atoms with van der Waals surface area (Å²) in [6.07, 6.45) is 4.18. The van der Waals surface area contributed by atoms with Crippen LogP contribution in [0.1, 0.15) is 18.4 Å². The third-order valence-electron chi connectivity index (χ3n) is 3.00. The summed E-state index contributed by atoms with van der Waals surface area (Å²) in [6.45, 7) is 0. The normalized spacial score (nSPS) is 14.7. The Bertz CT molecular complexity index is 461. The van der Waals surface area contributed by atoms with Gasteiger partial charge in [0.2, 0.25) is 0 Å². The number of hydrogen-bond donors (Lipinski definition) is 0. The molecule has 0 amide bonds. The van der Waals surface area contributed by atoms with Crippen LogP contribution in [0.5, 0.6) is 11.5 Å². The molecule has 3 heteroatoms. The number of rotatable bonds is 4. The SMILES string of the molecule is COc1ccc(CC2=CCCC2=O)c(OC)c1. The second-order valence-corrected chi connectivity index (χ2v) is 4.05. The first-order valence-corrected chi connectivity index (χ1v) is 5.67. The molecule has 0 fully saturated rings. The van der Waals surface area contributed by atoms with Gasteiger partial charge in [0.15, 0.2) is 5.78 Å². The molecule has 0 aromatic heterocycles. The van der Waals surface area contributed by atoms with Gasteiger partial charge in [-0.3, -0.25) is 4.79 Å².